The van der Waals surface area contributed by atoms with E-state index in [1.165, 1.54) is 12.1 Å². The number of aromatic nitrogens is 4. The Morgan fingerprint density at radius 3 is 2.61 bits per heavy atom. The van der Waals surface area contributed by atoms with E-state index in [1.807, 2.05) is 28.6 Å². The van der Waals surface area contributed by atoms with Crippen LogP contribution in [0, 0.1) is 19.7 Å². The van der Waals surface area contributed by atoms with Crippen LogP contribution >= 0.6 is 0 Å². The molecule has 4 aromatic rings. The van der Waals surface area contributed by atoms with Crippen LogP contribution in [0.25, 0.3) is 28.6 Å². The van der Waals surface area contributed by atoms with E-state index in [1.54, 1.807) is 12.1 Å². The van der Waals surface area contributed by atoms with Gasteiger partial charge >= 0.3 is 0 Å². The third kappa shape index (κ3) is 3.86. The number of benzene rings is 2. The molecule has 2 aromatic heterocycles. The Labute approximate surface area is 191 Å². The normalized spacial score (nSPS) is 14.5. The molecule has 0 radical (unpaired) electrons. The number of hydrogen-bond donors (Lipinski definition) is 1. The summed E-state index contributed by atoms with van der Waals surface area (Å²) in [5.74, 6) is -0.184. The van der Waals surface area contributed by atoms with Crippen molar-refractivity contribution in [3.05, 3.63) is 89.1 Å². The van der Waals surface area contributed by atoms with Crippen LogP contribution in [0.15, 0.2) is 55.0 Å². The van der Waals surface area contributed by atoms with Crippen molar-refractivity contribution in [1.82, 2.24) is 19.1 Å². The number of amides is 1. The maximum Gasteiger partial charge on any atom is 0.269 e. The van der Waals surface area contributed by atoms with Gasteiger partial charge in [-0.15, -0.1) is 0 Å². The number of aryl methyl sites for hydroxylation is 2. The van der Waals surface area contributed by atoms with Gasteiger partial charge in [-0.1, -0.05) is 6.07 Å². The predicted octanol–water partition coefficient (Wildman–Crippen LogP) is 4.93. The first-order valence-corrected chi connectivity index (χ1v) is 10.9. The Bertz CT molecular complexity index is 1390. The van der Waals surface area contributed by atoms with Gasteiger partial charge in [-0.3, -0.25) is 4.79 Å². The molecule has 0 saturated heterocycles. The first kappa shape index (κ1) is 20.9. The van der Waals surface area contributed by atoms with Crippen LogP contribution in [0.2, 0.25) is 0 Å². The van der Waals surface area contributed by atoms with Gasteiger partial charge in [0.2, 0.25) is 0 Å². The van der Waals surface area contributed by atoms with Crippen LogP contribution in [-0.2, 0) is 6.54 Å². The Hall–Kier alpha value is -4.00. The molecule has 1 aliphatic rings. The average molecular weight is 442 g/mol. The summed E-state index contributed by atoms with van der Waals surface area (Å²) in [5, 5.41) is 0. The highest BCUT2D eigenvalue weighted by atomic mass is 19.1. The molecule has 1 amide bonds. The lowest BCUT2D eigenvalue weighted by molar-refractivity contribution is 0.0996. The maximum absolute atomic E-state index is 13.5. The number of imidazole rings is 2. The van der Waals surface area contributed by atoms with Crippen molar-refractivity contribution < 1.29 is 9.18 Å². The fourth-order valence-electron chi connectivity index (χ4n) is 4.48. The molecule has 5 rings (SSSR count). The minimum absolute atomic E-state index is 0.214. The van der Waals surface area contributed by atoms with Crippen LogP contribution in [0.1, 0.15) is 46.0 Å². The Morgan fingerprint density at radius 1 is 1.15 bits per heavy atom. The topological polar surface area (TPSA) is 78.7 Å². The van der Waals surface area contributed by atoms with Gasteiger partial charge in [0.25, 0.3) is 5.91 Å². The number of hydrogen-bond acceptors (Lipinski definition) is 3. The third-order valence-corrected chi connectivity index (χ3v) is 5.99. The Balaban J connectivity index is 1.57. The first-order chi connectivity index (χ1) is 15.9. The number of carbonyl (C=O) groups excluding carboxylic acids is 1. The van der Waals surface area contributed by atoms with Gasteiger partial charge in [-0.25, -0.2) is 14.4 Å². The molecule has 166 valence electrons. The molecule has 0 fully saturated rings. The van der Waals surface area contributed by atoms with Crippen LogP contribution in [0.5, 0.6) is 0 Å². The molecular formula is C26H24FN5O. The zero-order valence-electron chi connectivity index (χ0n) is 18.5. The molecule has 0 saturated carbocycles. The van der Waals surface area contributed by atoms with E-state index in [0.717, 1.165) is 58.9 Å². The quantitative estimate of drug-likeness (QED) is 0.488. The molecule has 1 aliphatic heterocycles. The number of fused-ring (bicyclic) bond motifs is 1. The summed E-state index contributed by atoms with van der Waals surface area (Å²) < 4.78 is 17.5. The smallest absolute Gasteiger partial charge is 0.269 e. The zero-order chi connectivity index (χ0) is 23.1. The molecule has 2 aromatic carbocycles. The van der Waals surface area contributed by atoms with Gasteiger partial charge in [0.1, 0.15) is 11.6 Å². The van der Waals surface area contributed by atoms with Crippen molar-refractivity contribution in [3.8, 4) is 16.9 Å². The van der Waals surface area contributed by atoms with Crippen molar-refractivity contribution in [2.24, 2.45) is 5.73 Å². The second-order valence-electron chi connectivity index (χ2n) is 8.40. The van der Waals surface area contributed by atoms with Crippen molar-refractivity contribution in [3.63, 3.8) is 0 Å². The monoisotopic (exact) mass is 441 g/mol. The SMILES string of the molecule is Cc1cn(-c2ccc(/C=C3\CCCn4c3nc(C(N)=O)c4-c3ccc(F)cc3)cc2C)cn1. The minimum atomic E-state index is -0.591. The van der Waals surface area contributed by atoms with Gasteiger partial charge in [-0.05, 0) is 85.9 Å². The summed E-state index contributed by atoms with van der Waals surface area (Å²) in [5.41, 5.74) is 12.5. The minimum Gasteiger partial charge on any atom is -0.364 e. The Kier molecular flexibility index (Phi) is 5.17. The highest BCUT2D eigenvalue weighted by molar-refractivity contribution is 5.98. The van der Waals surface area contributed by atoms with E-state index in [2.05, 4.69) is 41.2 Å². The van der Waals surface area contributed by atoms with E-state index in [0.29, 0.717) is 5.69 Å². The number of primary amides is 1. The summed E-state index contributed by atoms with van der Waals surface area (Å²) >= 11 is 0. The van der Waals surface area contributed by atoms with E-state index < -0.39 is 5.91 Å². The molecule has 0 bridgehead atoms. The lowest BCUT2D eigenvalue weighted by Gasteiger charge is -2.19. The number of carbonyl (C=O) groups is 1. The molecule has 6 nitrogen and oxygen atoms in total. The Morgan fingerprint density at radius 2 is 1.94 bits per heavy atom. The molecule has 0 spiro atoms. The number of nitrogens with two attached hydrogens (primary N) is 1. The van der Waals surface area contributed by atoms with E-state index in [-0.39, 0.29) is 11.5 Å². The van der Waals surface area contributed by atoms with Gasteiger partial charge in [0.05, 0.1) is 17.7 Å². The summed E-state index contributed by atoms with van der Waals surface area (Å²) in [6, 6.07) is 12.4. The van der Waals surface area contributed by atoms with Crippen LogP contribution in [0.4, 0.5) is 4.39 Å². The average Bonchev–Trinajstić information content (AvgIpc) is 3.39. The largest absolute Gasteiger partial charge is 0.364 e. The molecular weight excluding hydrogens is 417 g/mol. The molecule has 3 heterocycles. The predicted molar refractivity (Wildman–Crippen MR) is 126 cm³/mol. The van der Waals surface area contributed by atoms with Gasteiger partial charge in [0, 0.05) is 24.0 Å². The van der Waals surface area contributed by atoms with Crippen molar-refractivity contribution >= 4 is 17.6 Å². The highest BCUT2D eigenvalue weighted by Crippen LogP contribution is 2.35. The van der Waals surface area contributed by atoms with Crippen LogP contribution in [0.3, 0.4) is 0 Å². The highest BCUT2D eigenvalue weighted by Gasteiger charge is 2.26. The fourth-order valence-corrected chi connectivity index (χ4v) is 4.48. The third-order valence-electron chi connectivity index (χ3n) is 5.99. The van der Waals surface area contributed by atoms with Crippen LogP contribution in [-0.4, -0.2) is 25.0 Å². The summed E-state index contributed by atoms with van der Waals surface area (Å²) in [6.07, 6.45) is 7.69. The van der Waals surface area contributed by atoms with Crippen molar-refractivity contribution in [2.75, 3.05) is 0 Å². The van der Waals surface area contributed by atoms with E-state index in [4.69, 9.17) is 5.73 Å². The molecule has 0 aliphatic carbocycles. The van der Waals surface area contributed by atoms with Gasteiger partial charge in [0.15, 0.2) is 5.69 Å². The van der Waals surface area contributed by atoms with Gasteiger partial charge in [-0.2, -0.15) is 0 Å². The lowest BCUT2D eigenvalue weighted by atomic mass is 10.0. The maximum atomic E-state index is 13.5. The second kappa shape index (κ2) is 8.16. The van der Waals surface area contributed by atoms with Crippen LogP contribution < -0.4 is 5.73 Å². The lowest BCUT2D eigenvalue weighted by Crippen LogP contribution is -2.14. The van der Waals surface area contributed by atoms with E-state index in [9.17, 15) is 9.18 Å². The molecule has 2 N–H and O–H groups in total. The molecule has 0 unspecified atom stereocenters. The fraction of sp³-hybridized carbons (Fsp3) is 0.192. The zero-order valence-corrected chi connectivity index (χ0v) is 18.5. The van der Waals surface area contributed by atoms with Crippen molar-refractivity contribution in [2.45, 2.75) is 33.2 Å². The van der Waals surface area contributed by atoms with E-state index >= 15 is 0 Å². The summed E-state index contributed by atoms with van der Waals surface area (Å²) in [7, 11) is 0. The molecule has 7 heteroatoms. The number of halogens is 1. The number of rotatable bonds is 4. The number of allylic oxidation sites excluding steroid dienone is 1. The van der Waals surface area contributed by atoms with Crippen molar-refractivity contribution in [1.29, 1.82) is 0 Å². The summed E-state index contributed by atoms with van der Waals surface area (Å²) in [4.78, 5) is 21.2. The second-order valence-corrected chi connectivity index (χ2v) is 8.40. The summed E-state index contributed by atoms with van der Waals surface area (Å²) in [6.45, 7) is 4.76. The standard InChI is InChI=1S/C26H24FN5O/c1-16-12-18(5-10-22(16)31-14-17(2)29-15-31)13-20-4-3-11-32-24(19-6-8-21(27)9-7-19)23(25(28)33)30-26(20)32/h5-10,12-15H,3-4,11H2,1-2H3,(H2,28,33)/b20-13+. The van der Waals surface area contributed by atoms with Gasteiger partial charge < -0.3 is 14.9 Å². The first-order valence-electron chi connectivity index (χ1n) is 10.9. The molecule has 0 atom stereocenters. The molecule has 33 heavy (non-hydrogen) atoms. The number of nitrogens with zero attached hydrogens (tertiary/aromatic N) is 4.